The van der Waals surface area contributed by atoms with Crippen molar-refractivity contribution in [3.05, 3.63) is 0 Å². The third-order valence-corrected chi connectivity index (χ3v) is 4.26. The van der Waals surface area contributed by atoms with Crippen molar-refractivity contribution < 1.29 is 14.7 Å². The summed E-state index contributed by atoms with van der Waals surface area (Å²) in [5.41, 5.74) is 6.05. The first kappa shape index (κ1) is 13.3. The molecule has 0 aromatic heterocycles. The van der Waals surface area contributed by atoms with Crippen LogP contribution in [0.2, 0.25) is 0 Å². The summed E-state index contributed by atoms with van der Waals surface area (Å²) < 4.78 is 0. The first-order chi connectivity index (χ1) is 8.61. The average Bonchev–Trinajstić information content (AvgIpc) is 2.87. The molecule has 3 N–H and O–H groups in total. The molecule has 1 amide bonds. The van der Waals surface area contributed by atoms with Crippen LogP contribution in [0.25, 0.3) is 0 Å². The molecular formula is C13H22N2O3. The van der Waals surface area contributed by atoms with Crippen molar-refractivity contribution >= 4 is 11.9 Å². The molecule has 0 aromatic rings. The van der Waals surface area contributed by atoms with Gasteiger partial charge >= 0.3 is 5.97 Å². The van der Waals surface area contributed by atoms with Crippen LogP contribution in [0.5, 0.6) is 0 Å². The van der Waals surface area contributed by atoms with Gasteiger partial charge in [0.05, 0.1) is 6.04 Å². The molecule has 5 nitrogen and oxygen atoms in total. The molecule has 1 aliphatic heterocycles. The van der Waals surface area contributed by atoms with Crippen LogP contribution in [0.4, 0.5) is 0 Å². The van der Waals surface area contributed by atoms with Crippen molar-refractivity contribution in [1.82, 2.24) is 4.90 Å². The highest BCUT2D eigenvalue weighted by Crippen LogP contribution is 2.28. The number of aliphatic carboxylic acids is 1. The van der Waals surface area contributed by atoms with Crippen LogP contribution in [-0.2, 0) is 9.59 Å². The van der Waals surface area contributed by atoms with E-state index < -0.39 is 18.1 Å². The van der Waals surface area contributed by atoms with Gasteiger partial charge in [-0.15, -0.1) is 0 Å². The highest BCUT2D eigenvalue weighted by atomic mass is 16.4. The van der Waals surface area contributed by atoms with Gasteiger partial charge in [-0.05, 0) is 31.6 Å². The lowest BCUT2D eigenvalue weighted by molar-refractivity contribution is -0.149. The van der Waals surface area contributed by atoms with Gasteiger partial charge in [0, 0.05) is 6.54 Å². The predicted molar refractivity (Wildman–Crippen MR) is 66.9 cm³/mol. The van der Waals surface area contributed by atoms with E-state index in [2.05, 4.69) is 0 Å². The zero-order valence-corrected chi connectivity index (χ0v) is 10.7. The van der Waals surface area contributed by atoms with Crippen molar-refractivity contribution in [2.75, 3.05) is 6.54 Å². The van der Waals surface area contributed by atoms with Gasteiger partial charge in [0.1, 0.15) is 6.04 Å². The molecule has 0 spiro atoms. The number of carboxylic acids is 1. The van der Waals surface area contributed by atoms with Crippen LogP contribution in [-0.4, -0.2) is 40.5 Å². The SMILES string of the molecule is NC(C(=O)N1CCCC1C(=O)O)C1CCCCC1. The molecule has 2 aliphatic rings. The minimum atomic E-state index is -0.906. The lowest BCUT2D eigenvalue weighted by atomic mass is 9.83. The molecule has 5 heteroatoms. The summed E-state index contributed by atoms with van der Waals surface area (Å²) in [7, 11) is 0. The molecular weight excluding hydrogens is 232 g/mol. The van der Waals surface area contributed by atoms with Crippen LogP contribution < -0.4 is 5.73 Å². The Balaban J connectivity index is 1.99. The quantitative estimate of drug-likeness (QED) is 0.786. The van der Waals surface area contributed by atoms with E-state index in [-0.39, 0.29) is 11.8 Å². The van der Waals surface area contributed by atoms with Crippen molar-refractivity contribution in [2.24, 2.45) is 11.7 Å². The first-order valence-corrected chi connectivity index (χ1v) is 6.90. The normalized spacial score (nSPS) is 27.2. The van der Waals surface area contributed by atoms with E-state index in [9.17, 15) is 9.59 Å². The molecule has 0 radical (unpaired) electrons. The summed E-state index contributed by atoms with van der Waals surface area (Å²) in [6.45, 7) is 0.538. The Hall–Kier alpha value is -1.10. The fraction of sp³-hybridized carbons (Fsp3) is 0.846. The number of nitrogens with two attached hydrogens (primary N) is 1. The molecule has 2 rings (SSSR count). The van der Waals surface area contributed by atoms with Gasteiger partial charge in [0.25, 0.3) is 0 Å². The first-order valence-electron chi connectivity index (χ1n) is 6.90. The molecule has 1 heterocycles. The number of nitrogens with zero attached hydrogens (tertiary/aromatic N) is 1. The zero-order chi connectivity index (χ0) is 13.1. The number of amides is 1. The molecule has 18 heavy (non-hydrogen) atoms. The van der Waals surface area contributed by atoms with Crippen LogP contribution in [0.15, 0.2) is 0 Å². The largest absolute Gasteiger partial charge is 0.480 e. The van der Waals surface area contributed by atoms with Gasteiger partial charge in [-0.3, -0.25) is 4.79 Å². The second kappa shape index (κ2) is 5.69. The monoisotopic (exact) mass is 254 g/mol. The van der Waals surface area contributed by atoms with E-state index in [1.165, 1.54) is 11.3 Å². The van der Waals surface area contributed by atoms with Crippen LogP contribution >= 0.6 is 0 Å². The maximum absolute atomic E-state index is 12.3. The van der Waals surface area contributed by atoms with Crippen LogP contribution in [0.1, 0.15) is 44.9 Å². The van der Waals surface area contributed by atoms with E-state index in [1.807, 2.05) is 0 Å². The molecule has 1 saturated carbocycles. The minimum absolute atomic E-state index is 0.160. The van der Waals surface area contributed by atoms with E-state index >= 15 is 0 Å². The Morgan fingerprint density at radius 3 is 2.39 bits per heavy atom. The van der Waals surface area contributed by atoms with Gasteiger partial charge in [-0.1, -0.05) is 19.3 Å². The van der Waals surface area contributed by atoms with Gasteiger partial charge in [0.15, 0.2) is 0 Å². The lowest BCUT2D eigenvalue weighted by Gasteiger charge is -2.31. The van der Waals surface area contributed by atoms with Crippen LogP contribution in [0, 0.1) is 5.92 Å². The molecule has 0 aromatic carbocycles. The molecule has 1 saturated heterocycles. The maximum Gasteiger partial charge on any atom is 0.326 e. The number of carbonyl (C=O) groups is 2. The highest BCUT2D eigenvalue weighted by molar-refractivity contribution is 5.87. The van der Waals surface area contributed by atoms with Crippen molar-refractivity contribution in [2.45, 2.75) is 57.0 Å². The Bertz CT molecular complexity index is 326. The predicted octanol–water partition coefficient (Wildman–Crippen LogP) is 0.970. The number of hydrogen-bond acceptors (Lipinski definition) is 3. The topological polar surface area (TPSA) is 83.6 Å². The minimum Gasteiger partial charge on any atom is -0.480 e. The number of carboxylic acid groups (broad SMARTS) is 1. The van der Waals surface area contributed by atoms with Crippen molar-refractivity contribution in [3.8, 4) is 0 Å². The molecule has 2 unspecified atom stereocenters. The number of hydrogen-bond donors (Lipinski definition) is 2. The Kier molecular flexibility index (Phi) is 4.22. The Morgan fingerprint density at radius 2 is 1.78 bits per heavy atom. The van der Waals surface area contributed by atoms with E-state index in [1.54, 1.807) is 0 Å². The zero-order valence-electron chi connectivity index (χ0n) is 10.7. The fourth-order valence-electron chi connectivity index (χ4n) is 3.17. The van der Waals surface area contributed by atoms with E-state index in [4.69, 9.17) is 10.8 Å². The summed E-state index contributed by atoms with van der Waals surface area (Å²) in [4.78, 5) is 24.9. The highest BCUT2D eigenvalue weighted by Gasteiger charge is 2.38. The van der Waals surface area contributed by atoms with Crippen LogP contribution in [0.3, 0.4) is 0 Å². The summed E-state index contributed by atoms with van der Waals surface area (Å²) in [6.07, 6.45) is 6.80. The van der Waals surface area contributed by atoms with Gasteiger partial charge in [-0.2, -0.15) is 0 Å². The van der Waals surface area contributed by atoms with Crippen molar-refractivity contribution in [3.63, 3.8) is 0 Å². The molecule has 2 atom stereocenters. The molecule has 102 valence electrons. The van der Waals surface area contributed by atoms with Gasteiger partial charge in [-0.25, -0.2) is 4.79 Å². The summed E-state index contributed by atoms with van der Waals surface area (Å²) in [6, 6.07) is -1.17. The fourth-order valence-corrected chi connectivity index (χ4v) is 3.17. The number of rotatable bonds is 3. The number of likely N-dealkylation sites (tertiary alicyclic amines) is 1. The Labute approximate surface area is 107 Å². The maximum atomic E-state index is 12.3. The summed E-state index contributed by atoms with van der Waals surface area (Å²) in [5.74, 6) is -0.829. The average molecular weight is 254 g/mol. The Morgan fingerprint density at radius 1 is 1.11 bits per heavy atom. The third-order valence-electron chi connectivity index (χ3n) is 4.26. The molecule has 1 aliphatic carbocycles. The summed E-state index contributed by atoms with van der Waals surface area (Å²) in [5, 5.41) is 9.09. The lowest BCUT2D eigenvalue weighted by Crippen LogP contribution is -2.51. The molecule has 2 fully saturated rings. The van der Waals surface area contributed by atoms with Crippen molar-refractivity contribution in [1.29, 1.82) is 0 Å². The number of carbonyl (C=O) groups excluding carboxylic acids is 1. The van der Waals surface area contributed by atoms with Gasteiger partial charge < -0.3 is 15.7 Å². The third kappa shape index (κ3) is 2.66. The van der Waals surface area contributed by atoms with E-state index in [0.717, 1.165) is 32.1 Å². The molecule has 0 bridgehead atoms. The van der Waals surface area contributed by atoms with E-state index in [0.29, 0.717) is 13.0 Å². The second-order valence-corrected chi connectivity index (χ2v) is 5.45. The van der Waals surface area contributed by atoms with Gasteiger partial charge in [0.2, 0.25) is 5.91 Å². The summed E-state index contributed by atoms with van der Waals surface area (Å²) >= 11 is 0. The second-order valence-electron chi connectivity index (χ2n) is 5.45. The smallest absolute Gasteiger partial charge is 0.326 e. The standard InChI is InChI=1S/C13H22N2O3/c14-11(9-5-2-1-3-6-9)12(16)15-8-4-7-10(15)13(17)18/h9-11H,1-8,14H2,(H,17,18).